The second-order valence-electron chi connectivity index (χ2n) is 7.23. The maximum atomic E-state index is 13.1. The molecule has 4 nitrogen and oxygen atoms in total. The van der Waals surface area contributed by atoms with E-state index >= 15 is 0 Å². The van der Waals surface area contributed by atoms with Gasteiger partial charge in [-0.2, -0.15) is 0 Å². The molecule has 2 heterocycles. The number of aromatic nitrogens is 2. The highest BCUT2D eigenvalue weighted by molar-refractivity contribution is 9.10. The molecule has 1 aliphatic rings. The van der Waals surface area contributed by atoms with Gasteiger partial charge in [-0.25, -0.2) is 4.98 Å². The van der Waals surface area contributed by atoms with Crippen LogP contribution in [0.1, 0.15) is 58.3 Å². The summed E-state index contributed by atoms with van der Waals surface area (Å²) < 4.78 is 2.80. The van der Waals surface area contributed by atoms with Crippen LogP contribution in [-0.2, 0) is 6.54 Å². The lowest BCUT2D eigenvalue weighted by Gasteiger charge is -2.37. The first-order valence-electron chi connectivity index (χ1n) is 9.49. The number of hydrogen-bond donors (Lipinski definition) is 0. The summed E-state index contributed by atoms with van der Waals surface area (Å²) in [7, 11) is 0. The van der Waals surface area contributed by atoms with Gasteiger partial charge < -0.3 is 0 Å². The number of halogens is 1. The third-order valence-corrected chi connectivity index (χ3v) is 5.74. The van der Waals surface area contributed by atoms with Gasteiger partial charge in [0, 0.05) is 17.6 Å². The van der Waals surface area contributed by atoms with Gasteiger partial charge in [0.2, 0.25) is 0 Å². The van der Waals surface area contributed by atoms with Crippen LogP contribution in [0.2, 0.25) is 0 Å². The molecular weight excluding hydrogens is 378 g/mol. The average molecular weight is 406 g/mol. The molecule has 1 fully saturated rings. The number of benzene rings is 1. The topological polar surface area (TPSA) is 38.1 Å². The summed E-state index contributed by atoms with van der Waals surface area (Å²) in [5, 5.41) is 0.697. The molecule has 136 valence electrons. The normalized spacial score (nSPS) is 20.1. The van der Waals surface area contributed by atoms with Crippen molar-refractivity contribution in [2.45, 2.75) is 59.0 Å². The van der Waals surface area contributed by atoms with E-state index in [-0.39, 0.29) is 11.6 Å². The Bertz CT molecular complexity index is 801. The lowest BCUT2D eigenvalue weighted by atomic mass is 9.97. The number of nitrogens with zero attached hydrogens (tertiary/aromatic N) is 3. The summed E-state index contributed by atoms with van der Waals surface area (Å²) in [5.74, 6) is 1.66. The fourth-order valence-corrected chi connectivity index (χ4v) is 4.39. The van der Waals surface area contributed by atoms with Gasteiger partial charge >= 0.3 is 0 Å². The lowest BCUT2D eigenvalue weighted by molar-refractivity contribution is 0.115. The summed E-state index contributed by atoms with van der Waals surface area (Å²) in [6.45, 7) is 9.45. The minimum atomic E-state index is 0.0787. The maximum absolute atomic E-state index is 13.1. The van der Waals surface area contributed by atoms with Crippen LogP contribution in [0.25, 0.3) is 10.9 Å². The van der Waals surface area contributed by atoms with Gasteiger partial charge in [0.25, 0.3) is 5.56 Å². The van der Waals surface area contributed by atoms with Crippen molar-refractivity contribution >= 4 is 26.8 Å². The summed E-state index contributed by atoms with van der Waals surface area (Å²) in [6.07, 6.45) is 4.67. The van der Waals surface area contributed by atoms with Crippen molar-refractivity contribution in [1.82, 2.24) is 14.5 Å². The van der Waals surface area contributed by atoms with Crippen LogP contribution >= 0.6 is 15.9 Å². The molecule has 1 aromatic heterocycles. The molecule has 3 rings (SSSR count). The van der Waals surface area contributed by atoms with Gasteiger partial charge in [0.1, 0.15) is 5.82 Å². The summed E-state index contributed by atoms with van der Waals surface area (Å²) in [5.41, 5.74) is 0.883. The molecule has 0 N–H and O–H groups in total. The second-order valence-corrected chi connectivity index (χ2v) is 8.14. The molecule has 0 aliphatic carbocycles. The van der Waals surface area contributed by atoms with E-state index in [1.165, 1.54) is 12.8 Å². The molecule has 25 heavy (non-hydrogen) atoms. The smallest absolute Gasteiger partial charge is 0.261 e. The van der Waals surface area contributed by atoms with E-state index in [4.69, 9.17) is 4.98 Å². The quantitative estimate of drug-likeness (QED) is 0.719. The highest BCUT2D eigenvalue weighted by Crippen LogP contribution is 2.30. The largest absolute Gasteiger partial charge is 0.295 e. The zero-order valence-corrected chi connectivity index (χ0v) is 17.1. The van der Waals surface area contributed by atoms with E-state index in [1.807, 2.05) is 29.7 Å². The fraction of sp³-hybridized carbons (Fsp3) is 0.600. The Balaban J connectivity index is 2.13. The van der Waals surface area contributed by atoms with Gasteiger partial charge in [-0.3, -0.25) is 14.3 Å². The molecule has 0 bridgehead atoms. The first-order chi connectivity index (χ1) is 12.0. The molecule has 0 radical (unpaired) electrons. The van der Waals surface area contributed by atoms with Crippen molar-refractivity contribution in [2.24, 2.45) is 5.92 Å². The van der Waals surface area contributed by atoms with E-state index < -0.39 is 0 Å². The monoisotopic (exact) mass is 405 g/mol. The molecule has 0 saturated carbocycles. The lowest BCUT2D eigenvalue weighted by Crippen LogP contribution is -2.40. The molecule has 2 atom stereocenters. The zero-order chi connectivity index (χ0) is 18.0. The summed E-state index contributed by atoms with van der Waals surface area (Å²) in [6, 6.07) is 6.03. The number of likely N-dealkylation sites (tertiary alicyclic amines) is 1. The van der Waals surface area contributed by atoms with Crippen molar-refractivity contribution in [3.63, 3.8) is 0 Å². The third kappa shape index (κ3) is 3.82. The van der Waals surface area contributed by atoms with Crippen LogP contribution in [0.5, 0.6) is 0 Å². The highest BCUT2D eigenvalue weighted by Gasteiger charge is 2.28. The van der Waals surface area contributed by atoms with Crippen molar-refractivity contribution in [3.05, 3.63) is 38.9 Å². The third-order valence-electron chi connectivity index (χ3n) is 5.25. The van der Waals surface area contributed by atoms with Crippen molar-refractivity contribution in [2.75, 3.05) is 13.1 Å². The molecule has 5 heteroatoms. The Morgan fingerprint density at radius 3 is 2.84 bits per heavy atom. The SMILES string of the molecule is CCC[C@H](c1nc2ccc(Br)cc2c(=O)n1CC)N1CCC[C@H](C)C1. The van der Waals surface area contributed by atoms with Crippen LogP contribution in [0.4, 0.5) is 0 Å². The van der Waals surface area contributed by atoms with E-state index in [9.17, 15) is 4.79 Å². The van der Waals surface area contributed by atoms with Crippen molar-refractivity contribution < 1.29 is 0 Å². The maximum Gasteiger partial charge on any atom is 0.261 e. The van der Waals surface area contributed by atoms with Gasteiger partial charge in [0.05, 0.1) is 16.9 Å². The van der Waals surface area contributed by atoms with Crippen LogP contribution in [0, 0.1) is 5.92 Å². The number of rotatable bonds is 5. The Morgan fingerprint density at radius 2 is 2.16 bits per heavy atom. The van der Waals surface area contributed by atoms with Crippen LogP contribution in [0.3, 0.4) is 0 Å². The molecule has 0 amide bonds. The van der Waals surface area contributed by atoms with Gasteiger partial charge in [-0.15, -0.1) is 0 Å². The molecule has 1 aromatic carbocycles. The number of piperidine rings is 1. The van der Waals surface area contributed by atoms with E-state index in [0.717, 1.165) is 41.7 Å². The molecule has 2 aromatic rings. The predicted octanol–water partition coefficient (Wildman–Crippen LogP) is 4.75. The Labute approximate surface area is 158 Å². The van der Waals surface area contributed by atoms with Crippen LogP contribution in [0.15, 0.2) is 27.5 Å². The predicted molar refractivity (Wildman–Crippen MR) is 107 cm³/mol. The Kier molecular flexibility index (Phi) is 5.95. The zero-order valence-electron chi connectivity index (χ0n) is 15.5. The first-order valence-corrected chi connectivity index (χ1v) is 10.3. The summed E-state index contributed by atoms with van der Waals surface area (Å²) in [4.78, 5) is 20.6. The van der Waals surface area contributed by atoms with Gasteiger partial charge in [0.15, 0.2) is 0 Å². The fourth-order valence-electron chi connectivity index (χ4n) is 4.03. The summed E-state index contributed by atoms with van der Waals surface area (Å²) >= 11 is 3.47. The Morgan fingerprint density at radius 1 is 1.36 bits per heavy atom. The molecule has 0 spiro atoms. The highest BCUT2D eigenvalue weighted by atomic mass is 79.9. The van der Waals surface area contributed by atoms with Gasteiger partial charge in [-0.1, -0.05) is 36.2 Å². The molecule has 0 unspecified atom stereocenters. The molecule has 1 aliphatic heterocycles. The second kappa shape index (κ2) is 8.00. The first kappa shape index (κ1) is 18.6. The standard InChI is InChI=1S/C20H28BrN3O/c1-4-7-18(23-11-6-8-14(3)13-23)19-22-17-10-9-15(21)12-16(17)20(25)24(19)5-2/h9-10,12,14,18H,4-8,11,13H2,1-3H3/t14-,18+/m0/s1. The molecule has 1 saturated heterocycles. The van der Waals surface area contributed by atoms with E-state index in [1.54, 1.807) is 0 Å². The average Bonchev–Trinajstić information content (AvgIpc) is 2.60. The van der Waals surface area contributed by atoms with Crippen molar-refractivity contribution in [1.29, 1.82) is 0 Å². The number of hydrogen-bond acceptors (Lipinski definition) is 3. The minimum Gasteiger partial charge on any atom is -0.295 e. The van der Waals surface area contributed by atoms with E-state index in [0.29, 0.717) is 17.8 Å². The van der Waals surface area contributed by atoms with Crippen LogP contribution < -0.4 is 5.56 Å². The number of fused-ring (bicyclic) bond motifs is 1. The van der Waals surface area contributed by atoms with Crippen molar-refractivity contribution in [3.8, 4) is 0 Å². The van der Waals surface area contributed by atoms with Crippen LogP contribution in [-0.4, -0.2) is 27.5 Å². The van der Waals surface area contributed by atoms with Gasteiger partial charge in [-0.05, 0) is 56.8 Å². The Hall–Kier alpha value is -1.20. The van der Waals surface area contributed by atoms with E-state index in [2.05, 4.69) is 34.7 Å². The minimum absolute atomic E-state index is 0.0787. The molecular formula is C20H28BrN3O.